The topological polar surface area (TPSA) is 50.2 Å². The van der Waals surface area contributed by atoms with Gasteiger partial charge in [0, 0.05) is 21.8 Å². The summed E-state index contributed by atoms with van der Waals surface area (Å²) in [6.45, 7) is 3.59. The predicted molar refractivity (Wildman–Crippen MR) is 80.3 cm³/mol. The molecule has 0 saturated carbocycles. The van der Waals surface area contributed by atoms with E-state index in [4.69, 9.17) is 11.6 Å². The molecule has 108 valence electrons. The lowest BCUT2D eigenvalue weighted by Gasteiger charge is -2.01. The Morgan fingerprint density at radius 3 is 2.62 bits per heavy atom. The van der Waals surface area contributed by atoms with E-state index in [1.807, 2.05) is 6.92 Å². The van der Waals surface area contributed by atoms with E-state index >= 15 is 0 Å². The minimum absolute atomic E-state index is 0.0136. The highest BCUT2D eigenvalue weighted by Crippen LogP contribution is 2.24. The van der Waals surface area contributed by atoms with Gasteiger partial charge in [0.25, 0.3) is 5.56 Å². The first-order valence-corrected chi connectivity index (χ1v) is 6.96. The molecule has 0 aliphatic carbocycles. The highest BCUT2D eigenvalue weighted by molar-refractivity contribution is 6.30. The third kappa shape index (κ3) is 2.14. The number of hydrogen-bond donors (Lipinski definition) is 1. The van der Waals surface area contributed by atoms with Gasteiger partial charge >= 0.3 is 0 Å². The summed E-state index contributed by atoms with van der Waals surface area (Å²) >= 11 is 5.83. The van der Waals surface area contributed by atoms with Gasteiger partial charge in [-0.25, -0.2) is 9.37 Å². The number of benzene rings is 1. The maximum Gasteiger partial charge on any atom is 0.276 e. The molecule has 2 aromatic heterocycles. The number of fused-ring (bicyclic) bond motifs is 1. The fourth-order valence-corrected chi connectivity index (χ4v) is 2.53. The highest BCUT2D eigenvalue weighted by atomic mass is 35.5. The monoisotopic (exact) mass is 305 g/mol. The van der Waals surface area contributed by atoms with Gasteiger partial charge in [-0.05, 0) is 25.5 Å². The maximum atomic E-state index is 14.5. The van der Waals surface area contributed by atoms with Crippen molar-refractivity contribution in [2.75, 3.05) is 0 Å². The van der Waals surface area contributed by atoms with E-state index < -0.39 is 5.82 Å². The number of nitrogens with one attached hydrogen (secondary N) is 1. The SMILES string of the molecule is CCc1c(C)nc2c(F)c(-c3ccc(Cl)cc3)[nH]n2c1=O. The second kappa shape index (κ2) is 5.00. The van der Waals surface area contributed by atoms with E-state index in [9.17, 15) is 9.18 Å². The van der Waals surface area contributed by atoms with Gasteiger partial charge in [0.1, 0.15) is 5.69 Å². The highest BCUT2D eigenvalue weighted by Gasteiger charge is 2.18. The molecule has 0 bridgehead atoms. The van der Waals surface area contributed by atoms with Crippen molar-refractivity contribution in [3.05, 3.63) is 56.7 Å². The van der Waals surface area contributed by atoms with Crippen LogP contribution in [0.5, 0.6) is 0 Å². The molecule has 0 fully saturated rings. The molecule has 3 aromatic rings. The van der Waals surface area contributed by atoms with Gasteiger partial charge in [0.05, 0.1) is 0 Å². The smallest absolute Gasteiger partial charge is 0.276 e. The zero-order chi connectivity index (χ0) is 15.1. The lowest BCUT2D eigenvalue weighted by molar-refractivity contribution is 0.638. The van der Waals surface area contributed by atoms with E-state index in [0.29, 0.717) is 28.3 Å². The van der Waals surface area contributed by atoms with Crippen LogP contribution in [-0.4, -0.2) is 14.6 Å². The van der Waals surface area contributed by atoms with Crippen molar-refractivity contribution in [1.29, 1.82) is 0 Å². The Labute approximate surface area is 125 Å². The average molecular weight is 306 g/mol. The number of aromatic nitrogens is 3. The largest absolute Gasteiger partial charge is 0.286 e. The number of H-pyrrole nitrogens is 1. The van der Waals surface area contributed by atoms with Gasteiger partial charge in [0.2, 0.25) is 0 Å². The molecule has 1 aromatic carbocycles. The zero-order valence-corrected chi connectivity index (χ0v) is 12.3. The summed E-state index contributed by atoms with van der Waals surface area (Å²) in [5, 5.41) is 3.36. The van der Waals surface area contributed by atoms with Crippen LogP contribution in [0.2, 0.25) is 5.02 Å². The summed E-state index contributed by atoms with van der Waals surface area (Å²) in [5.74, 6) is -0.542. The molecule has 2 heterocycles. The molecule has 6 heteroatoms. The van der Waals surface area contributed by atoms with Crippen LogP contribution in [0.15, 0.2) is 29.1 Å². The summed E-state index contributed by atoms with van der Waals surface area (Å²) in [6.07, 6.45) is 0.553. The summed E-state index contributed by atoms with van der Waals surface area (Å²) < 4.78 is 15.7. The van der Waals surface area contributed by atoms with Crippen LogP contribution in [-0.2, 0) is 6.42 Å². The Morgan fingerprint density at radius 1 is 1.33 bits per heavy atom. The van der Waals surface area contributed by atoms with Gasteiger partial charge in [-0.15, -0.1) is 0 Å². The summed E-state index contributed by atoms with van der Waals surface area (Å²) in [6, 6.07) is 6.71. The molecule has 4 nitrogen and oxygen atoms in total. The van der Waals surface area contributed by atoms with Gasteiger partial charge in [-0.3, -0.25) is 9.89 Å². The molecule has 0 aliphatic rings. The number of halogens is 2. The number of nitrogens with zero attached hydrogens (tertiary/aromatic N) is 2. The fraction of sp³-hybridized carbons (Fsp3) is 0.200. The zero-order valence-electron chi connectivity index (χ0n) is 11.6. The van der Waals surface area contributed by atoms with E-state index in [2.05, 4.69) is 10.1 Å². The summed E-state index contributed by atoms with van der Waals surface area (Å²) in [7, 11) is 0. The Morgan fingerprint density at radius 2 is 2.00 bits per heavy atom. The normalized spacial score (nSPS) is 11.2. The molecular formula is C15H13ClFN3O. The van der Waals surface area contributed by atoms with Crippen molar-refractivity contribution in [3.63, 3.8) is 0 Å². The molecule has 0 spiro atoms. The molecular weight excluding hydrogens is 293 g/mol. The third-order valence-electron chi connectivity index (χ3n) is 3.51. The van der Waals surface area contributed by atoms with E-state index in [1.54, 1.807) is 31.2 Å². The van der Waals surface area contributed by atoms with Crippen LogP contribution in [0.3, 0.4) is 0 Å². The molecule has 21 heavy (non-hydrogen) atoms. The van der Waals surface area contributed by atoms with E-state index in [1.165, 1.54) is 0 Å². The van der Waals surface area contributed by atoms with E-state index in [0.717, 1.165) is 4.52 Å². The van der Waals surface area contributed by atoms with Crippen LogP contribution in [0.1, 0.15) is 18.2 Å². The average Bonchev–Trinajstić information content (AvgIpc) is 2.78. The first-order chi connectivity index (χ1) is 10.0. The van der Waals surface area contributed by atoms with Gasteiger partial charge < -0.3 is 0 Å². The first-order valence-electron chi connectivity index (χ1n) is 6.58. The summed E-state index contributed by atoms with van der Waals surface area (Å²) in [5.41, 5.74) is 1.72. The molecule has 0 aliphatic heterocycles. The molecule has 0 amide bonds. The Bertz CT molecular complexity index is 881. The summed E-state index contributed by atoms with van der Waals surface area (Å²) in [4.78, 5) is 16.5. The Balaban J connectivity index is 2.32. The van der Waals surface area contributed by atoms with E-state index in [-0.39, 0.29) is 16.9 Å². The third-order valence-corrected chi connectivity index (χ3v) is 3.76. The van der Waals surface area contributed by atoms with Crippen molar-refractivity contribution in [3.8, 4) is 11.3 Å². The second-order valence-corrected chi connectivity index (χ2v) is 5.24. The second-order valence-electron chi connectivity index (χ2n) is 4.80. The lowest BCUT2D eigenvalue weighted by atomic mass is 10.1. The van der Waals surface area contributed by atoms with Crippen LogP contribution >= 0.6 is 11.6 Å². The van der Waals surface area contributed by atoms with Crippen LogP contribution in [0, 0.1) is 12.7 Å². The molecule has 0 unspecified atom stereocenters. The van der Waals surface area contributed by atoms with Crippen molar-refractivity contribution >= 4 is 17.2 Å². The van der Waals surface area contributed by atoms with Gasteiger partial charge in [0.15, 0.2) is 11.5 Å². The lowest BCUT2D eigenvalue weighted by Crippen LogP contribution is -2.21. The minimum atomic E-state index is -0.542. The molecule has 3 rings (SSSR count). The molecule has 0 radical (unpaired) electrons. The van der Waals surface area contributed by atoms with Crippen molar-refractivity contribution < 1.29 is 4.39 Å². The van der Waals surface area contributed by atoms with Crippen LogP contribution < -0.4 is 5.56 Å². The molecule has 0 saturated heterocycles. The number of aromatic amines is 1. The molecule has 0 atom stereocenters. The Hall–Kier alpha value is -2.14. The van der Waals surface area contributed by atoms with Crippen molar-refractivity contribution in [2.24, 2.45) is 0 Å². The minimum Gasteiger partial charge on any atom is -0.286 e. The van der Waals surface area contributed by atoms with Crippen molar-refractivity contribution in [2.45, 2.75) is 20.3 Å². The predicted octanol–water partition coefficient (Wildman–Crippen LogP) is 3.35. The maximum absolute atomic E-state index is 14.5. The van der Waals surface area contributed by atoms with Gasteiger partial charge in [-0.2, -0.15) is 4.52 Å². The Kier molecular flexibility index (Phi) is 3.29. The quantitative estimate of drug-likeness (QED) is 0.789. The number of rotatable bonds is 2. The van der Waals surface area contributed by atoms with Gasteiger partial charge in [-0.1, -0.05) is 30.7 Å². The number of hydrogen-bond acceptors (Lipinski definition) is 2. The fourth-order valence-electron chi connectivity index (χ4n) is 2.40. The number of aryl methyl sites for hydroxylation is 1. The van der Waals surface area contributed by atoms with Crippen molar-refractivity contribution in [1.82, 2.24) is 14.6 Å². The standard InChI is InChI=1S/C15H13ClFN3O/c1-3-11-8(2)18-14-12(17)13(19-20(14)15(11)21)9-4-6-10(16)7-5-9/h4-7,19H,3H2,1-2H3. The first kappa shape index (κ1) is 13.8. The van der Waals surface area contributed by atoms with Crippen LogP contribution in [0.4, 0.5) is 4.39 Å². The van der Waals surface area contributed by atoms with Crippen LogP contribution in [0.25, 0.3) is 16.9 Å². The molecule has 1 N–H and O–H groups in total.